The molecule has 0 spiro atoms. The van der Waals surface area contributed by atoms with Crippen molar-refractivity contribution in [3.8, 4) is 5.75 Å². The van der Waals surface area contributed by atoms with Crippen molar-refractivity contribution in [2.75, 3.05) is 44.8 Å². The molecular formula is C16H20Cl2N2O6S2. The highest BCUT2D eigenvalue weighted by Crippen LogP contribution is 2.34. The van der Waals surface area contributed by atoms with E-state index in [4.69, 9.17) is 27.9 Å². The van der Waals surface area contributed by atoms with Gasteiger partial charge in [0.2, 0.25) is 10.0 Å². The second kappa shape index (κ2) is 7.98. The number of piperazine rings is 1. The van der Waals surface area contributed by atoms with Crippen molar-refractivity contribution in [1.82, 2.24) is 9.21 Å². The average molecular weight is 471 g/mol. The fraction of sp³-hybridized carbons (Fsp3) is 0.562. The van der Waals surface area contributed by atoms with Crippen molar-refractivity contribution < 1.29 is 26.4 Å². The van der Waals surface area contributed by atoms with Gasteiger partial charge >= 0.3 is 0 Å². The first kappa shape index (κ1) is 21.6. The molecule has 2 heterocycles. The predicted octanol–water partition coefficient (Wildman–Crippen LogP) is 1.28. The van der Waals surface area contributed by atoms with E-state index >= 15 is 0 Å². The summed E-state index contributed by atoms with van der Waals surface area (Å²) in [6, 6.07) is 2.92. The van der Waals surface area contributed by atoms with Crippen LogP contribution in [0.25, 0.3) is 0 Å². The number of carbonyl (C=O) groups excluding carboxylic acids is 1. The van der Waals surface area contributed by atoms with Crippen molar-refractivity contribution in [3.05, 3.63) is 27.7 Å². The van der Waals surface area contributed by atoms with E-state index < -0.39 is 25.1 Å². The first-order valence-electron chi connectivity index (χ1n) is 8.57. The van der Waals surface area contributed by atoms with Gasteiger partial charge in [0.25, 0.3) is 5.91 Å². The van der Waals surface area contributed by atoms with Crippen LogP contribution in [-0.2, 0) is 19.9 Å². The van der Waals surface area contributed by atoms with Gasteiger partial charge in [-0.05, 0) is 18.6 Å². The van der Waals surface area contributed by atoms with E-state index in [0.717, 1.165) is 0 Å². The number of ether oxygens (including phenoxy) is 1. The predicted molar refractivity (Wildman–Crippen MR) is 106 cm³/mol. The maximum Gasteiger partial charge on any atom is 0.254 e. The minimum absolute atomic E-state index is 0.103. The fourth-order valence-corrected chi connectivity index (χ4v) is 8.57. The van der Waals surface area contributed by atoms with Gasteiger partial charge in [0.1, 0.15) is 0 Å². The van der Waals surface area contributed by atoms with Gasteiger partial charge in [0.15, 0.2) is 15.6 Å². The molecule has 0 bridgehead atoms. The third-order valence-corrected chi connectivity index (χ3v) is 9.82. The Morgan fingerprint density at radius 1 is 1.14 bits per heavy atom. The molecule has 0 saturated carbocycles. The van der Waals surface area contributed by atoms with Gasteiger partial charge in [-0.1, -0.05) is 23.2 Å². The molecule has 0 aromatic heterocycles. The summed E-state index contributed by atoms with van der Waals surface area (Å²) in [4.78, 5) is 14.2. The normalized spacial score (nSPS) is 23.0. The number of amides is 1. The number of hydrogen-bond donors (Lipinski definition) is 0. The summed E-state index contributed by atoms with van der Waals surface area (Å²) in [6.45, 7) is 0.613. The Morgan fingerprint density at radius 2 is 1.71 bits per heavy atom. The average Bonchev–Trinajstić information content (AvgIpc) is 3.01. The minimum atomic E-state index is -3.71. The molecule has 0 aliphatic carbocycles. The Bertz CT molecular complexity index is 965. The van der Waals surface area contributed by atoms with Crippen molar-refractivity contribution in [2.24, 2.45) is 0 Å². The summed E-state index contributed by atoms with van der Waals surface area (Å²) in [5, 5.41) is -0.483. The molecule has 0 N–H and O–H groups in total. The number of benzene rings is 1. The Kier molecular flexibility index (Phi) is 6.17. The Morgan fingerprint density at radius 3 is 2.18 bits per heavy atom. The lowest BCUT2D eigenvalue weighted by Crippen LogP contribution is -2.52. The number of halogens is 2. The van der Waals surface area contributed by atoms with E-state index in [9.17, 15) is 21.6 Å². The molecule has 1 aromatic rings. The van der Waals surface area contributed by atoms with Crippen LogP contribution in [0.15, 0.2) is 12.1 Å². The number of sulfonamides is 1. The highest BCUT2D eigenvalue weighted by atomic mass is 35.5. The van der Waals surface area contributed by atoms with Crippen LogP contribution < -0.4 is 4.74 Å². The van der Waals surface area contributed by atoms with Crippen molar-refractivity contribution in [2.45, 2.75) is 11.7 Å². The van der Waals surface area contributed by atoms with Gasteiger partial charge in [-0.2, -0.15) is 4.31 Å². The highest BCUT2D eigenvalue weighted by Gasteiger charge is 2.41. The zero-order valence-corrected chi connectivity index (χ0v) is 18.2. The van der Waals surface area contributed by atoms with Crippen LogP contribution in [0, 0.1) is 0 Å². The summed E-state index contributed by atoms with van der Waals surface area (Å²) in [5.41, 5.74) is 0.286. The first-order valence-corrected chi connectivity index (χ1v) is 12.6. The summed E-state index contributed by atoms with van der Waals surface area (Å²) < 4.78 is 54.9. The maximum absolute atomic E-state index is 12.7. The zero-order valence-electron chi connectivity index (χ0n) is 15.1. The van der Waals surface area contributed by atoms with E-state index in [1.165, 1.54) is 28.4 Å². The van der Waals surface area contributed by atoms with Crippen LogP contribution in [0.5, 0.6) is 5.75 Å². The van der Waals surface area contributed by atoms with Gasteiger partial charge in [0.05, 0.1) is 33.9 Å². The summed E-state index contributed by atoms with van der Waals surface area (Å²) in [6.07, 6.45) is 0.118. The van der Waals surface area contributed by atoms with Crippen LogP contribution >= 0.6 is 23.2 Å². The van der Waals surface area contributed by atoms with Crippen molar-refractivity contribution >= 4 is 49.0 Å². The number of methoxy groups -OCH3 is 1. The highest BCUT2D eigenvalue weighted by molar-refractivity contribution is 7.95. The second-order valence-corrected chi connectivity index (χ2v) is 12.0. The van der Waals surface area contributed by atoms with Gasteiger partial charge < -0.3 is 9.64 Å². The molecule has 2 saturated heterocycles. The molecule has 3 rings (SSSR count). The summed E-state index contributed by atoms with van der Waals surface area (Å²) >= 11 is 12.2. The van der Waals surface area contributed by atoms with E-state index in [0.29, 0.717) is 0 Å². The Balaban J connectivity index is 1.68. The third-order valence-electron chi connectivity index (χ3n) is 4.95. The lowest BCUT2D eigenvalue weighted by molar-refractivity contribution is 0.0697. The molecule has 1 unspecified atom stereocenters. The van der Waals surface area contributed by atoms with Crippen LogP contribution in [-0.4, -0.2) is 82.0 Å². The van der Waals surface area contributed by atoms with Crippen LogP contribution in [0.3, 0.4) is 0 Å². The molecule has 156 valence electrons. The number of hydrogen-bond acceptors (Lipinski definition) is 6. The standard InChI is InChI=1S/C16H20Cl2N2O6S2/c1-26-15-13(17)8-11(9-14(15)18)16(21)19-3-5-20(6-4-19)28(24,25)12-2-7-27(22,23)10-12/h8-9,12H,2-7,10H2,1H3. The fourth-order valence-electron chi connectivity index (χ4n) is 3.41. The van der Waals surface area contributed by atoms with Gasteiger partial charge in [-0.15, -0.1) is 0 Å². The summed E-state index contributed by atoms with van der Waals surface area (Å²) in [5.74, 6) is -0.472. The second-order valence-electron chi connectivity index (χ2n) is 6.73. The molecule has 0 radical (unpaired) electrons. The largest absolute Gasteiger partial charge is 0.494 e. The maximum atomic E-state index is 12.7. The molecule has 2 aliphatic heterocycles. The quantitative estimate of drug-likeness (QED) is 0.656. The number of carbonyl (C=O) groups is 1. The summed E-state index contributed by atoms with van der Waals surface area (Å²) in [7, 11) is -5.59. The third kappa shape index (κ3) is 4.25. The molecule has 1 aromatic carbocycles. The van der Waals surface area contributed by atoms with E-state index in [1.54, 1.807) is 0 Å². The molecule has 1 atom stereocenters. The minimum Gasteiger partial charge on any atom is -0.494 e. The molecule has 12 heteroatoms. The smallest absolute Gasteiger partial charge is 0.254 e. The van der Waals surface area contributed by atoms with E-state index in [1.807, 2.05) is 0 Å². The Labute approximate surface area is 174 Å². The van der Waals surface area contributed by atoms with Crippen LogP contribution in [0.2, 0.25) is 10.0 Å². The molecule has 2 fully saturated rings. The molecule has 8 nitrogen and oxygen atoms in total. The van der Waals surface area contributed by atoms with E-state index in [-0.39, 0.29) is 71.4 Å². The zero-order chi connectivity index (χ0) is 20.7. The molecule has 28 heavy (non-hydrogen) atoms. The molecular weight excluding hydrogens is 451 g/mol. The lowest BCUT2D eigenvalue weighted by Gasteiger charge is -2.35. The lowest BCUT2D eigenvalue weighted by atomic mass is 10.1. The van der Waals surface area contributed by atoms with Gasteiger partial charge in [-0.25, -0.2) is 16.8 Å². The van der Waals surface area contributed by atoms with Crippen molar-refractivity contribution in [3.63, 3.8) is 0 Å². The van der Waals surface area contributed by atoms with Gasteiger partial charge in [-0.3, -0.25) is 4.79 Å². The molecule has 1 amide bonds. The van der Waals surface area contributed by atoms with Gasteiger partial charge in [0, 0.05) is 31.7 Å². The number of rotatable bonds is 4. The topological polar surface area (TPSA) is 101 Å². The van der Waals surface area contributed by atoms with Crippen LogP contribution in [0.1, 0.15) is 16.8 Å². The monoisotopic (exact) mass is 470 g/mol. The van der Waals surface area contributed by atoms with Crippen LogP contribution in [0.4, 0.5) is 0 Å². The first-order chi connectivity index (χ1) is 13.0. The SMILES string of the molecule is COc1c(Cl)cc(C(=O)N2CCN(S(=O)(=O)C3CCS(=O)(=O)C3)CC2)cc1Cl. The number of nitrogens with zero attached hydrogens (tertiary/aromatic N) is 2. The molecule has 2 aliphatic rings. The Hall–Kier alpha value is -1.07. The van der Waals surface area contributed by atoms with Crippen molar-refractivity contribution in [1.29, 1.82) is 0 Å². The number of sulfone groups is 1. The van der Waals surface area contributed by atoms with E-state index in [2.05, 4.69) is 0 Å².